The van der Waals surface area contributed by atoms with Gasteiger partial charge in [0.2, 0.25) is 10.0 Å². The number of guanidine groups is 1. The van der Waals surface area contributed by atoms with E-state index in [1.807, 2.05) is 14.0 Å². The smallest absolute Gasteiger partial charge is 0.211 e. The third kappa shape index (κ3) is 8.50. The Morgan fingerprint density at radius 2 is 2.13 bits per heavy atom. The number of nitrogens with one attached hydrogen (secondary N) is 1. The Kier molecular flexibility index (Phi) is 11.4. The van der Waals surface area contributed by atoms with E-state index in [1.54, 1.807) is 7.05 Å². The molecule has 1 aliphatic rings. The van der Waals surface area contributed by atoms with E-state index in [-0.39, 0.29) is 24.0 Å². The Balaban J connectivity index is 0.00000484. The van der Waals surface area contributed by atoms with Gasteiger partial charge >= 0.3 is 0 Å². The Bertz CT molecular complexity index is 453. The van der Waals surface area contributed by atoms with Crippen molar-refractivity contribution >= 4 is 40.0 Å². The normalized spacial score (nSPS) is 18.8. The standard InChI is InChI=1S/C14H30N4O3S.HI/c1-5-18(22(4,19)20)9-6-8-16-14(15-2)17(3)11-13-7-10-21-12-13;/h13H,5-12H2,1-4H3,(H,15,16);1H. The number of sulfonamides is 1. The van der Waals surface area contributed by atoms with Gasteiger partial charge in [-0.2, -0.15) is 0 Å². The molecular formula is C14H31IN4O3S. The summed E-state index contributed by atoms with van der Waals surface area (Å²) in [6.45, 7) is 6.18. The van der Waals surface area contributed by atoms with Gasteiger partial charge in [-0.25, -0.2) is 12.7 Å². The number of rotatable bonds is 8. The molecular weight excluding hydrogens is 431 g/mol. The molecule has 1 aliphatic heterocycles. The third-order valence-corrected chi connectivity index (χ3v) is 5.20. The summed E-state index contributed by atoms with van der Waals surface area (Å²) < 4.78 is 29.9. The maximum absolute atomic E-state index is 11.5. The average molecular weight is 462 g/mol. The number of aliphatic imine (C=N–C) groups is 1. The van der Waals surface area contributed by atoms with Crippen LogP contribution in [0.4, 0.5) is 0 Å². The summed E-state index contributed by atoms with van der Waals surface area (Å²) in [5.74, 6) is 1.40. The first-order chi connectivity index (χ1) is 10.4. The van der Waals surface area contributed by atoms with Crippen molar-refractivity contribution in [2.24, 2.45) is 10.9 Å². The molecule has 1 saturated heterocycles. The second-order valence-electron chi connectivity index (χ2n) is 5.69. The third-order valence-electron chi connectivity index (χ3n) is 3.82. The first kappa shape index (κ1) is 22.9. The van der Waals surface area contributed by atoms with Crippen molar-refractivity contribution in [1.82, 2.24) is 14.5 Å². The average Bonchev–Trinajstić information content (AvgIpc) is 2.94. The summed E-state index contributed by atoms with van der Waals surface area (Å²) >= 11 is 0. The minimum absolute atomic E-state index is 0. The Labute approximate surface area is 157 Å². The summed E-state index contributed by atoms with van der Waals surface area (Å²) in [5, 5.41) is 3.29. The number of nitrogens with zero attached hydrogens (tertiary/aromatic N) is 3. The van der Waals surface area contributed by atoms with Gasteiger partial charge in [0.15, 0.2) is 5.96 Å². The number of ether oxygens (including phenoxy) is 1. The molecule has 0 aliphatic carbocycles. The zero-order valence-corrected chi connectivity index (χ0v) is 17.8. The highest BCUT2D eigenvalue weighted by Crippen LogP contribution is 2.13. The van der Waals surface area contributed by atoms with E-state index in [1.165, 1.54) is 10.6 Å². The lowest BCUT2D eigenvalue weighted by Gasteiger charge is -2.25. The topological polar surface area (TPSA) is 74.2 Å². The summed E-state index contributed by atoms with van der Waals surface area (Å²) in [6.07, 6.45) is 3.10. The maximum Gasteiger partial charge on any atom is 0.211 e. The van der Waals surface area contributed by atoms with Crippen molar-refractivity contribution in [3.8, 4) is 0 Å². The molecule has 23 heavy (non-hydrogen) atoms. The molecule has 1 heterocycles. The van der Waals surface area contributed by atoms with Gasteiger partial charge in [-0.15, -0.1) is 24.0 Å². The van der Waals surface area contributed by atoms with Crippen molar-refractivity contribution in [3.63, 3.8) is 0 Å². The SMILES string of the molecule is CCN(CCCNC(=NC)N(C)CC1CCOC1)S(C)(=O)=O.I. The largest absolute Gasteiger partial charge is 0.381 e. The second-order valence-corrected chi connectivity index (χ2v) is 7.67. The van der Waals surface area contributed by atoms with Gasteiger partial charge in [0.25, 0.3) is 0 Å². The molecule has 7 nitrogen and oxygen atoms in total. The Morgan fingerprint density at radius 3 is 2.61 bits per heavy atom. The lowest BCUT2D eigenvalue weighted by molar-refractivity contribution is 0.181. The molecule has 0 amide bonds. The van der Waals surface area contributed by atoms with Crippen molar-refractivity contribution in [3.05, 3.63) is 0 Å². The number of halogens is 1. The molecule has 0 bridgehead atoms. The minimum Gasteiger partial charge on any atom is -0.381 e. The van der Waals surface area contributed by atoms with E-state index in [0.29, 0.717) is 25.6 Å². The van der Waals surface area contributed by atoms with Gasteiger partial charge < -0.3 is 15.0 Å². The van der Waals surface area contributed by atoms with Crippen LogP contribution in [0.5, 0.6) is 0 Å². The molecule has 1 rings (SSSR count). The van der Waals surface area contributed by atoms with Crippen LogP contribution in [-0.4, -0.2) is 83.3 Å². The predicted molar refractivity (Wildman–Crippen MR) is 105 cm³/mol. The fourth-order valence-corrected chi connectivity index (χ4v) is 3.53. The van der Waals surface area contributed by atoms with Crippen molar-refractivity contribution in [1.29, 1.82) is 0 Å². The summed E-state index contributed by atoms with van der Waals surface area (Å²) in [4.78, 5) is 6.38. The highest BCUT2D eigenvalue weighted by molar-refractivity contribution is 14.0. The molecule has 1 unspecified atom stereocenters. The summed E-state index contributed by atoms with van der Waals surface area (Å²) in [7, 11) is 0.677. The fraction of sp³-hybridized carbons (Fsp3) is 0.929. The molecule has 0 spiro atoms. The van der Waals surface area contributed by atoms with E-state index in [9.17, 15) is 8.42 Å². The van der Waals surface area contributed by atoms with Crippen LogP contribution in [0.1, 0.15) is 19.8 Å². The molecule has 0 aromatic rings. The molecule has 1 atom stereocenters. The first-order valence-electron chi connectivity index (χ1n) is 7.83. The van der Waals surface area contributed by atoms with Crippen LogP contribution in [0.25, 0.3) is 0 Å². The Hall–Kier alpha value is -0.130. The zero-order valence-electron chi connectivity index (χ0n) is 14.6. The zero-order chi connectivity index (χ0) is 16.6. The lowest BCUT2D eigenvalue weighted by atomic mass is 10.1. The fourth-order valence-electron chi connectivity index (χ4n) is 2.60. The molecule has 0 radical (unpaired) electrons. The molecule has 1 N–H and O–H groups in total. The van der Waals surface area contributed by atoms with Crippen LogP contribution < -0.4 is 5.32 Å². The van der Waals surface area contributed by atoms with Crippen molar-refractivity contribution in [2.75, 3.05) is 59.7 Å². The van der Waals surface area contributed by atoms with E-state index in [0.717, 1.165) is 38.6 Å². The van der Waals surface area contributed by atoms with Crippen LogP contribution in [0.3, 0.4) is 0 Å². The van der Waals surface area contributed by atoms with Gasteiger partial charge in [-0.1, -0.05) is 6.92 Å². The van der Waals surface area contributed by atoms with E-state index >= 15 is 0 Å². The van der Waals surface area contributed by atoms with Gasteiger partial charge in [0, 0.05) is 52.8 Å². The Morgan fingerprint density at radius 1 is 1.43 bits per heavy atom. The van der Waals surface area contributed by atoms with E-state index in [2.05, 4.69) is 15.2 Å². The van der Waals surface area contributed by atoms with Gasteiger partial charge in [0.1, 0.15) is 0 Å². The van der Waals surface area contributed by atoms with Crippen molar-refractivity contribution in [2.45, 2.75) is 19.8 Å². The molecule has 0 saturated carbocycles. The van der Waals surface area contributed by atoms with Crippen molar-refractivity contribution < 1.29 is 13.2 Å². The molecule has 1 fully saturated rings. The number of hydrogen-bond acceptors (Lipinski definition) is 4. The van der Waals surface area contributed by atoms with E-state index in [4.69, 9.17) is 4.74 Å². The highest BCUT2D eigenvalue weighted by atomic mass is 127. The first-order valence-corrected chi connectivity index (χ1v) is 9.68. The quantitative estimate of drug-likeness (QED) is 0.250. The monoisotopic (exact) mass is 462 g/mol. The van der Waals surface area contributed by atoms with Crippen LogP contribution in [0.15, 0.2) is 4.99 Å². The van der Waals surface area contributed by atoms with Gasteiger partial charge in [0.05, 0.1) is 12.9 Å². The lowest BCUT2D eigenvalue weighted by Crippen LogP contribution is -2.42. The predicted octanol–water partition coefficient (Wildman–Crippen LogP) is 0.820. The van der Waals surface area contributed by atoms with Crippen LogP contribution in [0.2, 0.25) is 0 Å². The maximum atomic E-state index is 11.5. The molecule has 138 valence electrons. The van der Waals surface area contributed by atoms with Crippen LogP contribution in [0, 0.1) is 5.92 Å². The van der Waals surface area contributed by atoms with Crippen LogP contribution in [-0.2, 0) is 14.8 Å². The highest BCUT2D eigenvalue weighted by Gasteiger charge is 2.19. The number of hydrogen-bond donors (Lipinski definition) is 1. The van der Waals surface area contributed by atoms with Crippen LogP contribution >= 0.6 is 24.0 Å². The molecule has 0 aromatic carbocycles. The molecule has 0 aromatic heterocycles. The van der Waals surface area contributed by atoms with Gasteiger partial charge in [-0.3, -0.25) is 4.99 Å². The summed E-state index contributed by atoms with van der Waals surface area (Å²) in [5.41, 5.74) is 0. The van der Waals surface area contributed by atoms with E-state index < -0.39 is 10.0 Å². The van der Waals surface area contributed by atoms with Gasteiger partial charge in [-0.05, 0) is 12.8 Å². The minimum atomic E-state index is -3.10. The second kappa shape index (κ2) is 11.4. The summed E-state index contributed by atoms with van der Waals surface area (Å²) in [6, 6.07) is 0. The molecule has 9 heteroatoms.